The molecule has 1 aliphatic carbocycles. The Balaban J connectivity index is 1.56. The summed E-state index contributed by atoms with van der Waals surface area (Å²) >= 11 is 0. The molecule has 0 amide bonds. The number of fused-ring (bicyclic) bond motifs is 1. The van der Waals surface area contributed by atoms with E-state index in [-0.39, 0.29) is 6.04 Å². The first-order valence-electron chi connectivity index (χ1n) is 7.06. The van der Waals surface area contributed by atoms with Gasteiger partial charge in [0.15, 0.2) is 5.82 Å². The van der Waals surface area contributed by atoms with Gasteiger partial charge in [-0.1, -0.05) is 35.8 Å². The molecular weight excluding hydrogens is 238 g/mol. The average molecular weight is 255 g/mol. The summed E-state index contributed by atoms with van der Waals surface area (Å²) in [6.07, 6.45) is 4.62. The highest BCUT2D eigenvalue weighted by molar-refractivity contribution is 5.43. The fourth-order valence-electron chi connectivity index (χ4n) is 3.08. The third kappa shape index (κ3) is 1.87. The fraction of sp³-hybridized carbons (Fsp3) is 0.467. The Morgan fingerprint density at radius 2 is 2.16 bits per heavy atom. The van der Waals surface area contributed by atoms with Crippen LogP contribution in [-0.4, -0.2) is 16.7 Å². The first-order chi connectivity index (χ1) is 9.42. The van der Waals surface area contributed by atoms with Gasteiger partial charge in [0.2, 0.25) is 5.89 Å². The van der Waals surface area contributed by atoms with E-state index in [1.54, 1.807) is 0 Å². The van der Waals surface area contributed by atoms with Crippen LogP contribution in [0.3, 0.4) is 0 Å². The second-order valence-electron chi connectivity index (χ2n) is 5.45. The summed E-state index contributed by atoms with van der Waals surface area (Å²) in [5.74, 6) is 1.94. The molecule has 1 aliphatic heterocycles. The van der Waals surface area contributed by atoms with Gasteiger partial charge in [-0.15, -0.1) is 0 Å². The molecule has 98 valence electrons. The van der Waals surface area contributed by atoms with Crippen LogP contribution in [0.5, 0.6) is 0 Å². The van der Waals surface area contributed by atoms with Gasteiger partial charge in [-0.3, -0.25) is 0 Å². The molecule has 4 rings (SSSR count). The van der Waals surface area contributed by atoms with E-state index in [1.165, 1.54) is 24.0 Å². The van der Waals surface area contributed by atoms with Crippen LogP contribution in [0, 0.1) is 0 Å². The van der Waals surface area contributed by atoms with E-state index in [9.17, 15) is 0 Å². The molecule has 0 radical (unpaired) electrons. The van der Waals surface area contributed by atoms with Gasteiger partial charge in [0.05, 0.1) is 12.0 Å². The number of hydrogen-bond donors (Lipinski definition) is 1. The van der Waals surface area contributed by atoms with Crippen molar-refractivity contribution in [3.63, 3.8) is 0 Å². The first-order valence-corrected chi connectivity index (χ1v) is 7.06. The summed E-state index contributed by atoms with van der Waals surface area (Å²) in [6, 6.07) is 8.76. The predicted molar refractivity (Wildman–Crippen MR) is 70.9 cm³/mol. The van der Waals surface area contributed by atoms with Crippen LogP contribution in [0.25, 0.3) is 0 Å². The van der Waals surface area contributed by atoms with Crippen LogP contribution < -0.4 is 5.32 Å². The normalized spacial score (nSPS) is 25.7. The highest BCUT2D eigenvalue weighted by Gasteiger charge is 2.32. The van der Waals surface area contributed by atoms with Crippen LogP contribution in [0.4, 0.5) is 0 Å². The molecule has 2 heterocycles. The largest absolute Gasteiger partial charge is 0.338 e. The molecular formula is C15H17N3O. The van der Waals surface area contributed by atoms with Gasteiger partial charge in [-0.25, -0.2) is 0 Å². The lowest BCUT2D eigenvalue weighted by molar-refractivity contribution is 0.295. The lowest BCUT2D eigenvalue weighted by Crippen LogP contribution is -2.27. The van der Waals surface area contributed by atoms with Gasteiger partial charge in [-0.2, -0.15) is 4.98 Å². The maximum absolute atomic E-state index is 5.45. The molecule has 4 nitrogen and oxygen atoms in total. The topological polar surface area (TPSA) is 51.0 Å². The standard InChI is InChI=1S/C15H17N3O/c1-2-6-11-10(5-1)9-12(11)14-17-15(19-18-14)13-7-3-4-8-16-13/h1-2,5-6,12-13,16H,3-4,7-9H2/t12?,13-/m0/s1. The molecule has 19 heavy (non-hydrogen) atoms. The van der Waals surface area contributed by atoms with Crippen LogP contribution in [0.1, 0.15) is 54.1 Å². The molecule has 0 bridgehead atoms. The van der Waals surface area contributed by atoms with E-state index in [2.05, 4.69) is 39.7 Å². The Kier molecular flexibility index (Phi) is 2.62. The molecule has 0 saturated carbocycles. The summed E-state index contributed by atoms with van der Waals surface area (Å²) in [5, 5.41) is 7.63. The lowest BCUT2D eigenvalue weighted by atomic mass is 9.77. The van der Waals surface area contributed by atoms with E-state index < -0.39 is 0 Å². The summed E-state index contributed by atoms with van der Waals surface area (Å²) in [4.78, 5) is 4.61. The first kappa shape index (κ1) is 11.2. The minimum Gasteiger partial charge on any atom is -0.338 e. The maximum atomic E-state index is 5.45. The molecule has 1 aromatic carbocycles. The average Bonchev–Trinajstić information content (AvgIpc) is 2.91. The van der Waals surface area contributed by atoms with Crippen LogP contribution in [0.15, 0.2) is 28.8 Å². The van der Waals surface area contributed by atoms with Crippen molar-refractivity contribution >= 4 is 0 Å². The zero-order valence-corrected chi connectivity index (χ0v) is 10.8. The lowest BCUT2D eigenvalue weighted by Gasteiger charge is -2.27. The van der Waals surface area contributed by atoms with E-state index >= 15 is 0 Å². The second-order valence-corrected chi connectivity index (χ2v) is 5.45. The van der Waals surface area contributed by atoms with Gasteiger partial charge < -0.3 is 9.84 Å². The SMILES string of the molecule is c1ccc2c(c1)CC2c1noc([C@@H]2CCCCN2)n1. The van der Waals surface area contributed by atoms with Gasteiger partial charge in [-0.05, 0) is 36.9 Å². The number of piperidine rings is 1. The summed E-state index contributed by atoms with van der Waals surface area (Å²) in [7, 11) is 0. The van der Waals surface area contributed by atoms with Crippen molar-refractivity contribution in [3.05, 3.63) is 47.1 Å². The second kappa shape index (κ2) is 4.46. The Labute approximate surface area is 112 Å². The number of nitrogens with zero attached hydrogens (tertiary/aromatic N) is 2. The third-order valence-corrected chi connectivity index (χ3v) is 4.23. The Hall–Kier alpha value is -1.68. The predicted octanol–water partition coefficient (Wildman–Crippen LogP) is 2.57. The zero-order chi connectivity index (χ0) is 12.7. The van der Waals surface area contributed by atoms with Crippen molar-refractivity contribution in [2.24, 2.45) is 0 Å². The van der Waals surface area contributed by atoms with Crippen molar-refractivity contribution in [2.75, 3.05) is 6.54 Å². The van der Waals surface area contributed by atoms with Crippen molar-refractivity contribution in [3.8, 4) is 0 Å². The molecule has 2 aromatic rings. The molecule has 4 heteroatoms. The van der Waals surface area contributed by atoms with E-state index in [0.717, 1.165) is 31.1 Å². The summed E-state index contributed by atoms with van der Waals surface area (Å²) in [5.41, 5.74) is 2.76. The molecule has 0 spiro atoms. The van der Waals surface area contributed by atoms with Crippen molar-refractivity contribution in [1.82, 2.24) is 15.5 Å². The number of rotatable bonds is 2. The highest BCUT2D eigenvalue weighted by atomic mass is 16.5. The highest BCUT2D eigenvalue weighted by Crippen LogP contribution is 2.38. The minimum absolute atomic E-state index is 0.255. The van der Waals surface area contributed by atoms with Crippen molar-refractivity contribution < 1.29 is 4.52 Å². The van der Waals surface area contributed by atoms with Crippen LogP contribution in [-0.2, 0) is 6.42 Å². The Morgan fingerprint density at radius 3 is 3.00 bits per heavy atom. The smallest absolute Gasteiger partial charge is 0.243 e. The molecule has 1 fully saturated rings. The quantitative estimate of drug-likeness (QED) is 0.896. The molecule has 1 saturated heterocycles. The third-order valence-electron chi connectivity index (χ3n) is 4.23. The summed E-state index contributed by atoms with van der Waals surface area (Å²) in [6.45, 7) is 1.05. The maximum Gasteiger partial charge on any atom is 0.243 e. The minimum atomic E-state index is 0.255. The van der Waals surface area contributed by atoms with Gasteiger partial charge in [0.1, 0.15) is 0 Å². The molecule has 2 aliphatic rings. The zero-order valence-electron chi connectivity index (χ0n) is 10.8. The monoisotopic (exact) mass is 255 g/mol. The number of nitrogens with one attached hydrogen (secondary N) is 1. The number of benzene rings is 1. The van der Waals surface area contributed by atoms with Gasteiger partial charge in [0, 0.05) is 0 Å². The Bertz CT molecular complexity index is 587. The molecule has 2 atom stereocenters. The number of aromatic nitrogens is 2. The number of hydrogen-bond acceptors (Lipinski definition) is 4. The molecule has 1 aromatic heterocycles. The van der Waals surface area contributed by atoms with Crippen molar-refractivity contribution in [2.45, 2.75) is 37.6 Å². The van der Waals surface area contributed by atoms with Gasteiger partial charge in [0.25, 0.3) is 0 Å². The Morgan fingerprint density at radius 1 is 1.21 bits per heavy atom. The van der Waals surface area contributed by atoms with E-state index in [1.807, 2.05) is 0 Å². The molecule has 1 unspecified atom stereocenters. The fourth-order valence-corrected chi connectivity index (χ4v) is 3.08. The van der Waals surface area contributed by atoms with E-state index in [0.29, 0.717) is 5.92 Å². The van der Waals surface area contributed by atoms with Crippen molar-refractivity contribution in [1.29, 1.82) is 0 Å². The van der Waals surface area contributed by atoms with Gasteiger partial charge >= 0.3 is 0 Å². The van der Waals surface area contributed by atoms with Crippen LogP contribution >= 0.6 is 0 Å². The van der Waals surface area contributed by atoms with Crippen LogP contribution in [0.2, 0.25) is 0 Å². The van der Waals surface area contributed by atoms with E-state index in [4.69, 9.17) is 4.52 Å². The molecule has 1 N–H and O–H groups in total. The summed E-state index contributed by atoms with van der Waals surface area (Å²) < 4.78 is 5.45.